The molecule has 21 heavy (non-hydrogen) atoms. The number of rotatable bonds is 4. The van der Waals surface area contributed by atoms with Crippen LogP contribution in [0, 0.1) is 5.82 Å². The minimum absolute atomic E-state index is 0.301. The standard InChI is InChI=1S/C15H19FN4O/c1-4-12-13(17)14(20(3)19-12)15(21)18-9(2)10-7-5-6-8-11(10)16/h5-9H,4,17H2,1-3H3,(H,18,21). The molecule has 1 aromatic carbocycles. The van der Waals surface area contributed by atoms with Gasteiger partial charge in [-0.3, -0.25) is 9.48 Å². The van der Waals surface area contributed by atoms with Gasteiger partial charge >= 0.3 is 0 Å². The summed E-state index contributed by atoms with van der Waals surface area (Å²) < 4.78 is 15.2. The van der Waals surface area contributed by atoms with E-state index in [2.05, 4.69) is 10.4 Å². The van der Waals surface area contributed by atoms with Crippen LogP contribution in [-0.4, -0.2) is 15.7 Å². The van der Waals surface area contributed by atoms with Gasteiger partial charge in [0.15, 0.2) is 0 Å². The summed E-state index contributed by atoms with van der Waals surface area (Å²) in [5.74, 6) is -0.713. The maximum Gasteiger partial charge on any atom is 0.272 e. The van der Waals surface area contributed by atoms with Crippen molar-refractivity contribution in [3.63, 3.8) is 0 Å². The summed E-state index contributed by atoms with van der Waals surface area (Å²) in [6.07, 6.45) is 0.649. The SMILES string of the molecule is CCc1nn(C)c(C(=O)NC(C)c2ccccc2F)c1N. The Hall–Kier alpha value is -2.37. The number of hydrogen-bond acceptors (Lipinski definition) is 3. The van der Waals surface area contributed by atoms with Crippen LogP contribution in [0.5, 0.6) is 0 Å². The minimum atomic E-state index is -0.460. The van der Waals surface area contributed by atoms with Crippen LogP contribution in [0.4, 0.5) is 10.1 Å². The van der Waals surface area contributed by atoms with Crippen LogP contribution < -0.4 is 11.1 Å². The first kappa shape index (κ1) is 15.0. The van der Waals surface area contributed by atoms with Gasteiger partial charge in [0, 0.05) is 12.6 Å². The molecule has 6 heteroatoms. The lowest BCUT2D eigenvalue weighted by Crippen LogP contribution is -2.29. The van der Waals surface area contributed by atoms with Crippen molar-refractivity contribution in [1.82, 2.24) is 15.1 Å². The molecule has 1 aromatic heterocycles. The number of aromatic nitrogens is 2. The molecule has 0 spiro atoms. The monoisotopic (exact) mass is 290 g/mol. The van der Waals surface area contributed by atoms with Gasteiger partial charge in [-0.2, -0.15) is 5.10 Å². The molecule has 1 unspecified atom stereocenters. The Kier molecular flexibility index (Phi) is 4.26. The zero-order valence-electron chi connectivity index (χ0n) is 12.4. The van der Waals surface area contributed by atoms with Crippen molar-refractivity contribution >= 4 is 11.6 Å². The van der Waals surface area contributed by atoms with Gasteiger partial charge in [0.2, 0.25) is 0 Å². The normalized spacial score (nSPS) is 12.2. The fraction of sp³-hybridized carbons (Fsp3) is 0.333. The number of nitrogen functional groups attached to an aromatic ring is 1. The van der Waals surface area contributed by atoms with Crippen molar-refractivity contribution in [3.05, 3.63) is 47.0 Å². The summed E-state index contributed by atoms with van der Waals surface area (Å²) in [4.78, 5) is 12.3. The Morgan fingerprint density at radius 2 is 2.14 bits per heavy atom. The predicted molar refractivity (Wildman–Crippen MR) is 79.3 cm³/mol. The van der Waals surface area contributed by atoms with Crippen molar-refractivity contribution in [1.29, 1.82) is 0 Å². The molecule has 0 saturated carbocycles. The van der Waals surface area contributed by atoms with E-state index in [1.54, 1.807) is 32.2 Å². The average Bonchev–Trinajstić information content (AvgIpc) is 2.73. The summed E-state index contributed by atoms with van der Waals surface area (Å²) in [5.41, 5.74) is 7.73. The highest BCUT2D eigenvalue weighted by Crippen LogP contribution is 2.20. The van der Waals surface area contributed by atoms with Gasteiger partial charge in [-0.25, -0.2) is 4.39 Å². The number of nitrogens with two attached hydrogens (primary N) is 1. The third-order valence-corrected chi connectivity index (χ3v) is 3.43. The lowest BCUT2D eigenvalue weighted by molar-refractivity contribution is 0.0931. The minimum Gasteiger partial charge on any atom is -0.395 e. The summed E-state index contributed by atoms with van der Waals surface area (Å²) >= 11 is 0. The number of carbonyl (C=O) groups excluding carboxylic acids is 1. The molecule has 0 saturated heterocycles. The number of aryl methyl sites for hydroxylation is 2. The molecule has 0 aliphatic carbocycles. The summed E-state index contributed by atoms with van der Waals surface area (Å²) in [7, 11) is 1.66. The van der Waals surface area contributed by atoms with E-state index in [9.17, 15) is 9.18 Å². The van der Waals surface area contributed by atoms with E-state index in [4.69, 9.17) is 5.73 Å². The molecule has 3 N–H and O–H groups in total. The van der Waals surface area contributed by atoms with Crippen molar-refractivity contribution < 1.29 is 9.18 Å². The molecule has 0 aliphatic rings. The fourth-order valence-electron chi connectivity index (χ4n) is 2.30. The molecule has 0 fully saturated rings. The van der Waals surface area contributed by atoms with Crippen molar-refractivity contribution in [2.24, 2.45) is 7.05 Å². The molecule has 0 radical (unpaired) electrons. The number of nitrogens with one attached hydrogen (secondary N) is 1. The van der Waals surface area contributed by atoms with Gasteiger partial charge in [-0.05, 0) is 19.4 Å². The molecule has 1 atom stereocenters. The van der Waals surface area contributed by atoms with Crippen LogP contribution in [0.2, 0.25) is 0 Å². The van der Waals surface area contributed by atoms with Crippen molar-refractivity contribution in [2.45, 2.75) is 26.3 Å². The summed E-state index contributed by atoms with van der Waals surface area (Å²) in [5, 5.41) is 6.96. The lowest BCUT2D eigenvalue weighted by Gasteiger charge is -2.15. The zero-order chi connectivity index (χ0) is 15.6. The van der Waals surface area contributed by atoms with Crippen molar-refractivity contribution in [2.75, 3.05) is 5.73 Å². The van der Waals surface area contributed by atoms with E-state index in [-0.39, 0.29) is 11.7 Å². The second-order valence-electron chi connectivity index (χ2n) is 4.90. The first-order chi connectivity index (χ1) is 9.95. The Labute approximate surface area is 123 Å². The lowest BCUT2D eigenvalue weighted by atomic mass is 10.1. The second-order valence-corrected chi connectivity index (χ2v) is 4.90. The van der Waals surface area contributed by atoms with Gasteiger partial charge in [-0.1, -0.05) is 25.1 Å². The van der Waals surface area contributed by atoms with Crippen LogP contribution in [0.3, 0.4) is 0 Å². The molecule has 1 heterocycles. The van der Waals surface area contributed by atoms with Crippen LogP contribution >= 0.6 is 0 Å². The average molecular weight is 290 g/mol. The van der Waals surface area contributed by atoms with Gasteiger partial charge in [-0.15, -0.1) is 0 Å². The smallest absolute Gasteiger partial charge is 0.272 e. The third-order valence-electron chi connectivity index (χ3n) is 3.43. The van der Waals surface area contributed by atoms with E-state index in [1.807, 2.05) is 6.92 Å². The van der Waals surface area contributed by atoms with Crippen molar-refractivity contribution in [3.8, 4) is 0 Å². The number of carbonyl (C=O) groups is 1. The largest absolute Gasteiger partial charge is 0.395 e. The number of benzene rings is 1. The molecular formula is C15H19FN4O. The van der Waals surface area contributed by atoms with Gasteiger partial charge < -0.3 is 11.1 Å². The van der Waals surface area contributed by atoms with E-state index in [0.717, 1.165) is 0 Å². The maximum absolute atomic E-state index is 13.7. The summed E-state index contributed by atoms with van der Waals surface area (Å²) in [6, 6.07) is 5.89. The predicted octanol–water partition coefficient (Wildman–Crippen LogP) is 2.19. The molecular weight excluding hydrogens is 271 g/mol. The molecule has 5 nitrogen and oxygen atoms in total. The number of nitrogens with zero attached hydrogens (tertiary/aromatic N) is 2. The molecule has 0 aliphatic heterocycles. The topological polar surface area (TPSA) is 72.9 Å². The number of amides is 1. The number of anilines is 1. The highest BCUT2D eigenvalue weighted by Gasteiger charge is 2.21. The Balaban J connectivity index is 2.23. The van der Waals surface area contributed by atoms with Gasteiger partial charge in [0.05, 0.1) is 17.4 Å². The Morgan fingerprint density at radius 3 is 2.71 bits per heavy atom. The van der Waals surface area contributed by atoms with E-state index >= 15 is 0 Å². The highest BCUT2D eigenvalue weighted by atomic mass is 19.1. The number of hydrogen-bond donors (Lipinski definition) is 2. The van der Waals surface area contributed by atoms with E-state index < -0.39 is 6.04 Å². The second kappa shape index (κ2) is 5.95. The van der Waals surface area contributed by atoms with E-state index in [1.165, 1.54) is 10.7 Å². The molecule has 0 bridgehead atoms. The van der Waals surface area contributed by atoms with Crippen LogP contribution in [0.15, 0.2) is 24.3 Å². The van der Waals surface area contributed by atoms with Crippen LogP contribution in [-0.2, 0) is 13.5 Å². The van der Waals surface area contributed by atoms with Gasteiger partial charge in [0.25, 0.3) is 5.91 Å². The zero-order valence-corrected chi connectivity index (χ0v) is 12.4. The first-order valence-corrected chi connectivity index (χ1v) is 6.82. The third kappa shape index (κ3) is 2.89. The molecule has 2 aromatic rings. The number of halogens is 1. The van der Waals surface area contributed by atoms with E-state index in [0.29, 0.717) is 29.1 Å². The summed E-state index contributed by atoms with van der Waals surface area (Å²) in [6.45, 7) is 3.64. The Bertz CT molecular complexity index is 666. The fourth-order valence-corrected chi connectivity index (χ4v) is 2.30. The first-order valence-electron chi connectivity index (χ1n) is 6.82. The van der Waals surface area contributed by atoms with Gasteiger partial charge in [0.1, 0.15) is 11.5 Å². The van der Waals surface area contributed by atoms with Crippen LogP contribution in [0.25, 0.3) is 0 Å². The molecule has 2 rings (SSSR count). The molecule has 112 valence electrons. The van der Waals surface area contributed by atoms with Crippen LogP contribution in [0.1, 0.15) is 41.6 Å². The molecule has 1 amide bonds. The Morgan fingerprint density at radius 1 is 1.48 bits per heavy atom. The highest BCUT2D eigenvalue weighted by molar-refractivity contribution is 5.98. The maximum atomic E-state index is 13.7. The quantitative estimate of drug-likeness (QED) is 0.906.